The van der Waals surface area contributed by atoms with Gasteiger partial charge in [-0.1, -0.05) is 12.1 Å². The first kappa shape index (κ1) is 11.1. The van der Waals surface area contributed by atoms with Crippen molar-refractivity contribution in [3.63, 3.8) is 0 Å². The maximum Gasteiger partial charge on any atom is 0.256 e. The fourth-order valence-corrected chi connectivity index (χ4v) is 2.02. The monoisotopic (exact) mass is 246 g/mol. The molecule has 0 saturated carbocycles. The largest absolute Gasteiger partial charge is 0.376 e. The van der Waals surface area contributed by atoms with Crippen LogP contribution in [0.3, 0.4) is 0 Å². The van der Waals surface area contributed by atoms with Crippen LogP contribution in [-0.2, 0) is 17.8 Å². The van der Waals surface area contributed by atoms with Crippen LogP contribution in [0.1, 0.15) is 11.3 Å². The molecule has 1 aromatic carbocycles. The molecule has 1 aromatic heterocycles. The minimum absolute atomic E-state index is 0.209. The molecule has 0 unspecified atom stereocenters. The number of hydrogen-bond donors (Lipinski definition) is 1. The number of rotatable bonds is 1. The number of ether oxygens (including phenoxy) is 1. The number of H-pyrrole nitrogens is 1. The van der Waals surface area contributed by atoms with Crippen molar-refractivity contribution >= 4 is 0 Å². The lowest BCUT2D eigenvalue weighted by molar-refractivity contribution is 0.108. The third-order valence-corrected chi connectivity index (χ3v) is 2.93. The van der Waals surface area contributed by atoms with E-state index in [2.05, 4.69) is 9.97 Å². The lowest BCUT2D eigenvalue weighted by Gasteiger charge is -2.15. The molecule has 18 heavy (non-hydrogen) atoms. The summed E-state index contributed by atoms with van der Waals surface area (Å²) in [5, 5.41) is 0. The van der Waals surface area contributed by atoms with E-state index >= 15 is 0 Å². The highest BCUT2D eigenvalue weighted by Crippen LogP contribution is 2.18. The van der Waals surface area contributed by atoms with E-state index in [1.807, 2.05) is 0 Å². The molecule has 1 aliphatic rings. The SMILES string of the molecule is O=c1[nH]c(-c2cccc(F)c2)nc2c1COCC2. The zero-order valence-corrected chi connectivity index (χ0v) is 9.57. The van der Waals surface area contributed by atoms with E-state index in [1.54, 1.807) is 12.1 Å². The van der Waals surface area contributed by atoms with Gasteiger partial charge >= 0.3 is 0 Å². The number of nitrogens with zero attached hydrogens (tertiary/aromatic N) is 1. The average molecular weight is 246 g/mol. The summed E-state index contributed by atoms with van der Waals surface area (Å²) < 4.78 is 18.4. The van der Waals surface area contributed by atoms with Crippen molar-refractivity contribution < 1.29 is 9.13 Å². The molecule has 2 heterocycles. The second kappa shape index (κ2) is 4.34. The Bertz CT molecular complexity index is 652. The van der Waals surface area contributed by atoms with Crippen molar-refractivity contribution in [3.05, 3.63) is 51.7 Å². The molecule has 1 aliphatic heterocycles. The number of nitrogens with one attached hydrogen (secondary N) is 1. The molecule has 2 aromatic rings. The van der Waals surface area contributed by atoms with Crippen molar-refractivity contribution in [3.8, 4) is 11.4 Å². The van der Waals surface area contributed by atoms with Gasteiger partial charge in [0.15, 0.2) is 0 Å². The highest BCUT2D eigenvalue weighted by atomic mass is 19.1. The van der Waals surface area contributed by atoms with Crippen LogP contribution in [-0.4, -0.2) is 16.6 Å². The fourth-order valence-electron chi connectivity index (χ4n) is 2.02. The van der Waals surface area contributed by atoms with Gasteiger partial charge in [-0.05, 0) is 12.1 Å². The molecule has 92 valence electrons. The number of aromatic nitrogens is 2. The molecule has 0 spiro atoms. The highest BCUT2D eigenvalue weighted by Gasteiger charge is 2.16. The maximum atomic E-state index is 13.2. The quantitative estimate of drug-likeness (QED) is 0.832. The summed E-state index contributed by atoms with van der Waals surface area (Å²) in [6.07, 6.45) is 0.613. The number of aromatic amines is 1. The zero-order chi connectivity index (χ0) is 12.5. The van der Waals surface area contributed by atoms with Gasteiger partial charge in [-0.15, -0.1) is 0 Å². The number of benzene rings is 1. The van der Waals surface area contributed by atoms with Gasteiger partial charge in [-0.2, -0.15) is 0 Å². The summed E-state index contributed by atoms with van der Waals surface area (Å²) in [5.41, 5.74) is 1.67. The van der Waals surface area contributed by atoms with Gasteiger partial charge in [0.1, 0.15) is 11.6 Å². The number of fused-ring (bicyclic) bond motifs is 1. The third kappa shape index (κ3) is 1.93. The van der Waals surface area contributed by atoms with Gasteiger partial charge in [-0.25, -0.2) is 9.37 Å². The molecule has 0 bridgehead atoms. The van der Waals surface area contributed by atoms with Crippen LogP contribution in [0, 0.1) is 5.82 Å². The summed E-state index contributed by atoms with van der Waals surface area (Å²) >= 11 is 0. The standard InChI is InChI=1S/C13H11FN2O2/c14-9-3-1-2-8(6-9)12-15-11-4-5-18-7-10(11)13(17)16-12/h1-3,6H,4-5,7H2,(H,15,16,17). The van der Waals surface area contributed by atoms with E-state index in [9.17, 15) is 9.18 Å². The normalized spacial score (nSPS) is 14.3. The maximum absolute atomic E-state index is 13.2. The van der Waals surface area contributed by atoms with Crippen LogP contribution in [0.15, 0.2) is 29.1 Å². The van der Waals surface area contributed by atoms with Crippen LogP contribution in [0.5, 0.6) is 0 Å². The zero-order valence-electron chi connectivity index (χ0n) is 9.57. The van der Waals surface area contributed by atoms with Crippen molar-refractivity contribution in [2.24, 2.45) is 0 Å². The molecule has 0 fully saturated rings. The van der Waals surface area contributed by atoms with Crippen LogP contribution < -0.4 is 5.56 Å². The summed E-state index contributed by atoms with van der Waals surface area (Å²) in [6.45, 7) is 0.854. The Morgan fingerprint density at radius 3 is 3.11 bits per heavy atom. The van der Waals surface area contributed by atoms with E-state index in [4.69, 9.17) is 4.74 Å². The second-order valence-electron chi connectivity index (χ2n) is 4.15. The van der Waals surface area contributed by atoms with Crippen molar-refractivity contribution in [1.82, 2.24) is 9.97 Å². The molecular formula is C13H11FN2O2. The molecule has 5 heteroatoms. The minimum atomic E-state index is -0.351. The van der Waals surface area contributed by atoms with Crippen LogP contribution in [0.2, 0.25) is 0 Å². The van der Waals surface area contributed by atoms with Gasteiger partial charge in [0.25, 0.3) is 5.56 Å². The summed E-state index contributed by atoms with van der Waals surface area (Å²) in [4.78, 5) is 18.9. The Hall–Kier alpha value is -2.01. The smallest absolute Gasteiger partial charge is 0.256 e. The minimum Gasteiger partial charge on any atom is -0.376 e. The average Bonchev–Trinajstić information content (AvgIpc) is 2.39. The molecule has 0 amide bonds. The van der Waals surface area contributed by atoms with Crippen LogP contribution in [0.25, 0.3) is 11.4 Å². The Morgan fingerprint density at radius 1 is 1.39 bits per heavy atom. The topological polar surface area (TPSA) is 55.0 Å². The third-order valence-electron chi connectivity index (χ3n) is 2.93. The summed E-state index contributed by atoms with van der Waals surface area (Å²) in [6, 6.07) is 6.01. The Labute approximate surface area is 102 Å². The molecule has 0 aliphatic carbocycles. The summed E-state index contributed by atoms with van der Waals surface area (Å²) in [7, 11) is 0. The van der Waals surface area contributed by atoms with E-state index in [1.165, 1.54) is 12.1 Å². The van der Waals surface area contributed by atoms with Crippen LogP contribution >= 0.6 is 0 Å². The first-order chi connectivity index (χ1) is 8.74. The molecule has 4 nitrogen and oxygen atoms in total. The van der Waals surface area contributed by atoms with E-state index < -0.39 is 0 Å². The first-order valence-electron chi connectivity index (χ1n) is 5.70. The predicted octanol–water partition coefficient (Wildman–Crippen LogP) is 1.65. The lowest BCUT2D eigenvalue weighted by atomic mass is 10.1. The molecule has 0 saturated heterocycles. The molecule has 0 atom stereocenters. The fraction of sp³-hybridized carbons (Fsp3) is 0.231. The molecule has 0 radical (unpaired) electrons. The van der Waals surface area contributed by atoms with Gasteiger partial charge in [0, 0.05) is 12.0 Å². The number of halogens is 1. The number of hydrogen-bond acceptors (Lipinski definition) is 3. The van der Waals surface area contributed by atoms with Crippen LogP contribution in [0.4, 0.5) is 4.39 Å². The predicted molar refractivity (Wildman–Crippen MR) is 63.6 cm³/mol. The molecular weight excluding hydrogens is 235 g/mol. The first-order valence-corrected chi connectivity index (χ1v) is 5.70. The Morgan fingerprint density at radius 2 is 2.28 bits per heavy atom. The van der Waals surface area contributed by atoms with Gasteiger partial charge in [-0.3, -0.25) is 4.79 Å². The van der Waals surface area contributed by atoms with E-state index in [-0.39, 0.29) is 11.4 Å². The second-order valence-corrected chi connectivity index (χ2v) is 4.15. The highest BCUT2D eigenvalue weighted by molar-refractivity contribution is 5.55. The molecule has 1 N–H and O–H groups in total. The molecule has 3 rings (SSSR count). The van der Waals surface area contributed by atoms with E-state index in [0.717, 1.165) is 5.69 Å². The lowest BCUT2D eigenvalue weighted by Crippen LogP contribution is -2.24. The Balaban J connectivity index is 2.14. The van der Waals surface area contributed by atoms with Gasteiger partial charge in [0.05, 0.1) is 24.5 Å². The van der Waals surface area contributed by atoms with Crippen molar-refractivity contribution in [2.75, 3.05) is 6.61 Å². The summed E-state index contributed by atoms with van der Waals surface area (Å²) in [5.74, 6) is 0.0522. The van der Waals surface area contributed by atoms with Gasteiger partial charge < -0.3 is 9.72 Å². The van der Waals surface area contributed by atoms with Crippen molar-refractivity contribution in [2.45, 2.75) is 13.0 Å². The van der Waals surface area contributed by atoms with Crippen molar-refractivity contribution in [1.29, 1.82) is 0 Å². The van der Waals surface area contributed by atoms with E-state index in [0.29, 0.717) is 36.6 Å². The Kier molecular flexibility index (Phi) is 2.68. The van der Waals surface area contributed by atoms with Gasteiger partial charge in [0.2, 0.25) is 0 Å².